The average molecular weight is 588 g/mol. The van der Waals surface area contributed by atoms with Gasteiger partial charge in [-0.3, -0.25) is 14.5 Å². The molecule has 5 heterocycles. The highest BCUT2D eigenvalue weighted by Crippen LogP contribution is 2.34. The largest absolute Gasteiger partial charge is 0.339 e. The second kappa shape index (κ2) is 11.8. The summed E-state index contributed by atoms with van der Waals surface area (Å²) in [6.45, 7) is 8.81. The number of aryl methyl sites for hydroxylation is 1. The predicted molar refractivity (Wildman–Crippen MR) is 171 cm³/mol. The van der Waals surface area contributed by atoms with Gasteiger partial charge in [-0.05, 0) is 50.0 Å². The molecule has 2 aliphatic heterocycles. The third-order valence-corrected chi connectivity index (χ3v) is 9.07. The summed E-state index contributed by atoms with van der Waals surface area (Å²) < 4.78 is 1.83. The van der Waals surface area contributed by atoms with Gasteiger partial charge >= 0.3 is 0 Å². The van der Waals surface area contributed by atoms with Crippen LogP contribution in [0, 0.1) is 12.8 Å². The molecule has 2 fully saturated rings. The zero-order chi connectivity index (χ0) is 30.2. The van der Waals surface area contributed by atoms with E-state index in [0.717, 1.165) is 77.2 Å². The number of piperidine rings is 1. The lowest BCUT2D eigenvalue weighted by Gasteiger charge is -2.38. The van der Waals surface area contributed by atoms with Crippen LogP contribution in [0.25, 0.3) is 39.1 Å². The first kappa shape index (κ1) is 28.2. The molecule has 2 aromatic carbocycles. The molecule has 224 valence electrons. The molecule has 0 unspecified atom stereocenters. The molecule has 44 heavy (non-hydrogen) atoms. The van der Waals surface area contributed by atoms with Gasteiger partial charge in [0.25, 0.3) is 0 Å². The Bertz CT molecular complexity index is 1820. The summed E-state index contributed by atoms with van der Waals surface area (Å²) in [7, 11) is 0. The summed E-state index contributed by atoms with van der Waals surface area (Å²) >= 11 is 0. The van der Waals surface area contributed by atoms with E-state index in [1.54, 1.807) is 6.92 Å². The van der Waals surface area contributed by atoms with Gasteiger partial charge in [-0.1, -0.05) is 54.6 Å². The molecule has 0 N–H and O–H groups in total. The fraction of sp³-hybridized carbons (Fsp3) is 0.343. The quantitative estimate of drug-likeness (QED) is 0.293. The Balaban J connectivity index is 1.07. The second-order valence-electron chi connectivity index (χ2n) is 12.1. The molecular formula is C35H37N7O2. The van der Waals surface area contributed by atoms with E-state index in [4.69, 9.17) is 4.98 Å². The topological polar surface area (TPSA) is 86.9 Å². The second-order valence-corrected chi connectivity index (χ2v) is 12.1. The molecule has 2 saturated heterocycles. The normalized spacial score (nSPS) is 16.6. The predicted octanol–water partition coefficient (Wildman–Crippen LogP) is 4.82. The van der Waals surface area contributed by atoms with Crippen LogP contribution in [0.5, 0.6) is 0 Å². The van der Waals surface area contributed by atoms with Gasteiger partial charge in [-0.15, -0.1) is 0 Å². The first-order valence-corrected chi connectivity index (χ1v) is 15.5. The Hall–Kier alpha value is -4.63. The Kier molecular flexibility index (Phi) is 7.56. The number of carbonyl (C=O) groups excluding carboxylic acids is 2. The van der Waals surface area contributed by atoms with Crippen molar-refractivity contribution in [3.63, 3.8) is 0 Å². The SMILES string of the molecule is CC(=O)N1CCN(C(=O)C2CCN(Cc3ccc(-c4nc5c(cnc6cc(C)nn65)cc4-c4ccccc4)cc3)CC2)CC1. The number of nitrogens with zero attached hydrogens (tertiary/aromatic N) is 7. The van der Waals surface area contributed by atoms with Crippen molar-refractivity contribution in [1.29, 1.82) is 0 Å². The van der Waals surface area contributed by atoms with Gasteiger partial charge in [0, 0.05) is 74.3 Å². The lowest BCUT2D eigenvalue weighted by Crippen LogP contribution is -2.52. The monoisotopic (exact) mass is 587 g/mol. The molecule has 0 saturated carbocycles. The highest BCUT2D eigenvalue weighted by atomic mass is 16.2. The van der Waals surface area contributed by atoms with E-state index in [1.165, 1.54) is 5.56 Å². The molecule has 2 aliphatic rings. The number of pyridine rings is 1. The van der Waals surface area contributed by atoms with Gasteiger partial charge in [0.15, 0.2) is 11.3 Å². The Morgan fingerprint density at radius 3 is 2.25 bits per heavy atom. The summed E-state index contributed by atoms with van der Waals surface area (Å²) in [4.78, 5) is 40.8. The van der Waals surface area contributed by atoms with Crippen molar-refractivity contribution in [2.24, 2.45) is 5.92 Å². The van der Waals surface area contributed by atoms with E-state index in [1.807, 2.05) is 39.6 Å². The van der Waals surface area contributed by atoms with E-state index in [2.05, 4.69) is 69.6 Å². The lowest BCUT2D eigenvalue weighted by atomic mass is 9.94. The number of hydrogen-bond acceptors (Lipinski definition) is 6. The molecule has 0 atom stereocenters. The van der Waals surface area contributed by atoms with Crippen LogP contribution in [-0.4, -0.2) is 85.4 Å². The van der Waals surface area contributed by atoms with Crippen molar-refractivity contribution < 1.29 is 9.59 Å². The summed E-state index contributed by atoms with van der Waals surface area (Å²) in [5.74, 6) is 0.424. The highest BCUT2D eigenvalue weighted by Gasteiger charge is 2.31. The fourth-order valence-electron chi connectivity index (χ4n) is 6.58. The van der Waals surface area contributed by atoms with Crippen molar-refractivity contribution in [1.82, 2.24) is 34.3 Å². The smallest absolute Gasteiger partial charge is 0.225 e. The fourth-order valence-corrected chi connectivity index (χ4v) is 6.58. The van der Waals surface area contributed by atoms with Gasteiger partial charge in [0.1, 0.15) is 0 Å². The number of carbonyl (C=O) groups is 2. The van der Waals surface area contributed by atoms with E-state index in [9.17, 15) is 9.59 Å². The number of rotatable bonds is 5. The minimum atomic E-state index is 0.0770. The van der Waals surface area contributed by atoms with Crippen molar-refractivity contribution in [2.45, 2.75) is 33.2 Å². The third-order valence-electron chi connectivity index (χ3n) is 9.07. The molecule has 9 nitrogen and oxygen atoms in total. The third kappa shape index (κ3) is 5.55. The summed E-state index contributed by atoms with van der Waals surface area (Å²) in [6, 6.07) is 23.2. The maximum absolute atomic E-state index is 13.1. The zero-order valence-corrected chi connectivity index (χ0v) is 25.3. The van der Waals surface area contributed by atoms with Gasteiger partial charge in [-0.2, -0.15) is 9.61 Å². The molecule has 0 radical (unpaired) electrons. The van der Waals surface area contributed by atoms with E-state index < -0.39 is 0 Å². The van der Waals surface area contributed by atoms with Crippen LogP contribution in [0.1, 0.15) is 31.0 Å². The number of piperazine rings is 1. The minimum absolute atomic E-state index is 0.0770. The summed E-state index contributed by atoms with van der Waals surface area (Å²) in [5, 5.41) is 5.60. The van der Waals surface area contributed by atoms with Gasteiger partial charge in [-0.25, -0.2) is 9.97 Å². The van der Waals surface area contributed by atoms with Crippen molar-refractivity contribution >= 4 is 28.5 Å². The maximum atomic E-state index is 13.1. The Labute approximate surface area is 257 Å². The number of likely N-dealkylation sites (tertiary alicyclic amines) is 1. The highest BCUT2D eigenvalue weighted by molar-refractivity contribution is 5.90. The number of fused-ring (bicyclic) bond motifs is 3. The van der Waals surface area contributed by atoms with Crippen LogP contribution < -0.4 is 0 Å². The number of benzene rings is 2. The minimum Gasteiger partial charge on any atom is -0.339 e. The first-order valence-electron chi connectivity index (χ1n) is 15.5. The van der Waals surface area contributed by atoms with Gasteiger partial charge in [0.2, 0.25) is 11.8 Å². The van der Waals surface area contributed by atoms with Crippen molar-refractivity contribution in [3.05, 3.63) is 84.2 Å². The maximum Gasteiger partial charge on any atom is 0.225 e. The Morgan fingerprint density at radius 2 is 1.55 bits per heavy atom. The Morgan fingerprint density at radius 1 is 0.841 bits per heavy atom. The summed E-state index contributed by atoms with van der Waals surface area (Å²) in [5.41, 5.74) is 7.87. The molecule has 7 rings (SSSR count). The number of amides is 2. The zero-order valence-electron chi connectivity index (χ0n) is 25.3. The van der Waals surface area contributed by atoms with Crippen LogP contribution in [0.2, 0.25) is 0 Å². The van der Waals surface area contributed by atoms with Gasteiger partial charge < -0.3 is 9.80 Å². The van der Waals surface area contributed by atoms with Gasteiger partial charge in [0.05, 0.1) is 11.4 Å². The van der Waals surface area contributed by atoms with E-state index in [0.29, 0.717) is 26.2 Å². The number of aromatic nitrogens is 4. The molecule has 0 bridgehead atoms. The van der Waals surface area contributed by atoms with Crippen molar-refractivity contribution in [2.75, 3.05) is 39.3 Å². The molecule has 3 aromatic heterocycles. The van der Waals surface area contributed by atoms with Crippen LogP contribution in [0.3, 0.4) is 0 Å². The molecule has 0 spiro atoms. The molecule has 9 heteroatoms. The van der Waals surface area contributed by atoms with Crippen LogP contribution in [-0.2, 0) is 16.1 Å². The van der Waals surface area contributed by atoms with Crippen LogP contribution >= 0.6 is 0 Å². The average Bonchev–Trinajstić information content (AvgIpc) is 3.46. The van der Waals surface area contributed by atoms with E-state index in [-0.39, 0.29) is 17.7 Å². The van der Waals surface area contributed by atoms with E-state index >= 15 is 0 Å². The molecule has 0 aliphatic carbocycles. The molecule has 5 aromatic rings. The molecule has 2 amide bonds. The first-order chi connectivity index (χ1) is 21.4. The van der Waals surface area contributed by atoms with Crippen molar-refractivity contribution in [3.8, 4) is 22.4 Å². The molecular weight excluding hydrogens is 550 g/mol. The number of hydrogen-bond donors (Lipinski definition) is 0. The van der Waals surface area contributed by atoms with Crippen LogP contribution in [0.15, 0.2) is 72.9 Å². The summed E-state index contributed by atoms with van der Waals surface area (Å²) in [6.07, 6.45) is 3.63. The lowest BCUT2D eigenvalue weighted by molar-refractivity contribution is -0.142. The van der Waals surface area contributed by atoms with Crippen LogP contribution in [0.4, 0.5) is 0 Å². The standard InChI is InChI=1S/C35H37N7O2/c1-24-20-32-36-22-30-21-31(27-6-4-3-5-7-27)33(37-34(30)42(32)38-24)28-10-8-26(9-11-28)23-39-14-12-29(13-15-39)35(44)41-18-16-40(17-19-41)25(2)43/h3-11,20-22,29H,12-19,23H2,1-2H3.